The van der Waals surface area contributed by atoms with E-state index in [9.17, 15) is 18.0 Å². The van der Waals surface area contributed by atoms with E-state index in [2.05, 4.69) is 10.1 Å². The number of rotatable bonds is 6. The SMILES string of the molecule is COC(=O)c1cc(CNC(=O)C2(S(=O)(=O)c3ccc(Cl)cc3)CCCC2)oc1C. The van der Waals surface area contributed by atoms with Crippen LogP contribution in [0.4, 0.5) is 0 Å². The fourth-order valence-electron chi connectivity index (χ4n) is 3.68. The van der Waals surface area contributed by atoms with Gasteiger partial charge in [-0.3, -0.25) is 4.79 Å². The lowest BCUT2D eigenvalue weighted by atomic mass is 10.1. The Morgan fingerprint density at radius 2 is 1.83 bits per heavy atom. The lowest BCUT2D eigenvalue weighted by Crippen LogP contribution is -2.50. The maximum Gasteiger partial charge on any atom is 0.341 e. The largest absolute Gasteiger partial charge is 0.465 e. The number of carbonyl (C=O) groups is 2. The van der Waals surface area contributed by atoms with Crippen LogP contribution in [-0.4, -0.2) is 32.2 Å². The van der Waals surface area contributed by atoms with Crippen molar-refractivity contribution in [1.82, 2.24) is 5.32 Å². The van der Waals surface area contributed by atoms with Gasteiger partial charge in [0.05, 0.1) is 18.6 Å². The van der Waals surface area contributed by atoms with Crippen LogP contribution in [0.25, 0.3) is 0 Å². The number of hydrogen-bond donors (Lipinski definition) is 1. The number of hydrogen-bond acceptors (Lipinski definition) is 6. The molecule has 0 atom stereocenters. The van der Waals surface area contributed by atoms with Crippen LogP contribution in [0.3, 0.4) is 0 Å². The van der Waals surface area contributed by atoms with Crippen molar-refractivity contribution in [2.45, 2.75) is 48.8 Å². The van der Waals surface area contributed by atoms with Gasteiger partial charge < -0.3 is 14.5 Å². The molecule has 156 valence electrons. The molecule has 0 unspecified atom stereocenters. The highest BCUT2D eigenvalue weighted by molar-refractivity contribution is 7.93. The average Bonchev–Trinajstić information content (AvgIpc) is 3.34. The summed E-state index contributed by atoms with van der Waals surface area (Å²) in [6, 6.07) is 7.31. The second-order valence-corrected chi connectivity index (χ2v) is 9.71. The molecule has 1 aromatic carbocycles. The molecule has 1 aliphatic carbocycles. The van der Waals surface area contributed by atoms with Gasteiger partial charge in [0.15, 0.2) is 14.6 Å². The molecule has 0 spiro atoms. The molecule has 3 rings (SSSR count). The van der Waals surface area contributed by atoms with Gasteiger partial charge in [-0.25, -0.2) is 13.2 Å². The van der Waals surface area contributed by atoms with Crippen molar-refractivity contribution >= 4 is 33.3 Å². The Hall–Kier alpha value is -2.32. The van der Waals surface area contributed by atoms with Crippen LogP contribution in [0.15, 0.2) is 39.6 Å². The van der Waals surface area contributed by atoms with E-state index in [-0.39, 0.29) is 29.8 Å². The molecule has 1 saturated carbocycles. The highest BCUT2D eigenvalue weighted by Crippen LogP contribution is 2.41. The number of methoxy groups -OCH3 is 1. The van der Waals surface area contributed by atoms with Gasteiger partial charge in [0.2, 0.25) is 5.91 Å². The molecule has 29 heavy (non-hydrogen) atoms. The van der Waals surface area contributed by atoms with Crippen molar-refractivity contribution in [3.05, 3.63) is 52.4 Å². The van der Waals surface area contributed by atoms with Crippen LogP contribution in [0.5, 0.6) is 0 Å². The third-order valence-electron chi connectivity index (χ3n) is 5.26. The summed E-state index contributed by atoms with van der Waals surface area (Å²) in [7, 11) is -2.65. The van der Waals surface area contributed by atoms with Crippen molar-refractivity contribution in [3.8, 4) is 0 Å². The Kier molecular flexibility index (Phi) is 6.05. The van der Waals surface area contributed by atoms with Gasteiger partial charge in [-0.1, -0.05) is 24.4 Å². The molecular weight excluding hydrogens is 418 g/mol. The number of nitrogens with one attached hydrogen (secondary N) is 1. The zero-order chi connectivity index (χ0) is 21.2. The molecule has 0 radical (unpaired) electrons. The molecule has 0 aliphatic heterocycles. The zero-order valence-corrected chi connectivity index (χ0v) is 17.7. The second kappa shape index (κ2) is 8.20. The van der Waals surface area contributed by atoms with Gasteiger partial charge in [0, 0.05) is 5.02 Å². The number of carbonyl (C=O) groups excluding carboxylic acids is 2. The van der Waals surface area contributed by atoms with Crippen molar-refractivity contribution in [2.24, 2.45) is 0 Å². The fraction of sp³-hybridized carbons (Fsp3) is 0.400. The number of aryl methyl sites for hydroxylation is 1. The van der Waals surface area contributed by atoms with Gasteiger partial charge in [0.25, 0.3) is 0 Å². The first-order valence-corrected chi connectivity index (χ1v) is 11.0. The van der Waals surface area contributed by atoms with E-state index in [1.807, 2.05) is 0 Å². The predicted molar refractivity (Wildman–Crippen MR) is 106 cm³/mol. The first-order valence-electron chi connectivity index (χ1n) is 9.17. The third kappa shape index (κ3) is 3.91. The molecule has 1 fully saturated rings. The van der Waals surface area contributed by atoms with Crippen LogP contribution in [0.2, 0.25) is 5.02 Å². The fourth-order valence-corrected chi connectivity index (χ4v) is 5.89. The number of esters is 1. The Bertz CT molecular complexity index is 1020. The summed E-state index contributed by atoms with van der Waals surface area (Å²) in [6.07, 6.45) is 1.78. The molecule has 1 aromatic heterocycles. The van der Waals surface area contributed by atoms with Crippen molar-refractivity contribution in [3.63, 3.8) is 0 Å². The van der Waals surface area contributed by atoms with E-state index in [4.69, 9.17) is 16.0 Å². The number of furan rings is 1. The number of benzene rings is 1. The average molecular weight is 440 g/mol. The van der Waals surface area contributed by atoms with Crippen LogP contribution in [-0.2, 0) is 25.9 Å². The minimum Gasteiger partial charge on any atom is -0.465 e. The highest BCUT2D eigenvalue weighted by Gasteiger charge is 2.52. The second-order valence-electron chi connectivity index (χ2n) is 7.02. The smallest absolute Gasteiger partial charge is 0.341 e. The maximum atomic E-state index is 13.3. The molecule has 0 saturated heterocycles. The predicted octanol–water partition coefficient (Wildman–Crippen LogP) is 3.43. The quantitative estimate of drug-likeness (QED) is 0.691. The first kappa shape index (κ1) is 21.4. The summed E-state index contributed by atoms with van der Waals surface area (Å²) in [6.45, 7) is 1.58. The van der Waals surface area contributed by atoms with Crippen LogP contribution >= 0.6 is 11.6 Å². The third-order valence-corrected chi connectivity index (χ3v) is 8.03. The van der Waals surface area contributed by atoms with E-state index in [1.165, 1.54) is 37.4 Å². The summed E-state index contributed by atoms with van der Waals surface area (Å²) >= 11 is 5.87. The Balaban J connectivity index is 1.83. The van der Waals surface area contributed by atoms with E-state index in [1.54, 1.807) is 6.92 Å². The van der Waals surface area contributed by atoms with Crippen molar-refractivity contribution < 1.29 is 27.2 Å². The minimum absolute atomic E-state index is 0.0332. The first-order chi connectivity index (χ1) is 13.7. The Morgan fingerprint density at radius 3 is 2.41 bits per heavy atom. The van der Waals surface area contributed by atoms with Crippen LogP contribution < -0.4 is 5.32 Å². The highest BCUT2D eigenvalue weighted by atomic mass is 35.5. The van der Waals surface area contributed by atoms with Gasteiger partial charge in [-0.2, -0.15) is 0 Å². The topological polar surface area (TPSA) is 103 Å². The summed E-state index contributed by atoms with van der Waals surface area (Å²) in [4.78, 5) is 24.8. The lowest BCUT2D eigenvalue weighted by Gasteiger charge is -2.27. The standard InChI is InChI=1S/C20H22ClNO6S/c1-13-17(18(23)27-2)11-15(28-13)12-22-19(24)20(9-3-4-10-20)29(25,26)16-7-5-14(21)6-8-16/h5-8,11H,3-4,9-10,12H2,1-2H3,(H,22,24). The van der Waals surface area contributed by atoms with Gasteiger partial charge in [0.1, 0.15) is 17.1 Å². The molecule has 1 aliphatic rings. The number of amides is 1. The minimum atomic E-state index is -3.92. The zero-order valence-electron chi connectivity index (χ0n) is 16.2. The summed E-state index contributed by atoms with van der Waals surface area (Å²) < 4.78 is 35.3. The molecular formula is C20H22ClNO6S. The normalized spacial score (nSPS) is 15.8. The number of sulfone groups is 1. The molecule has 1 heterocycles. The van der Waals surface area contributed by atoms with E-state index in [0.717, 1.165) is 0 Å². The van der Waals surface area contributed by atoms with Gasteiger partial charge in [-0.05, 0) is 50.1 Å². The number of ether oxygens (including phenoxy) is 1. The van der Waals surface area contributed by atoms with Crippen LogP contribution in [0, 0.1) is 6.92 Å². The summed E-state index contributed by atoms with van der Waals surface area (Å²) in [5.74, 6) is -0.404. The number of halogens is 1. The van der Waals surface area contributed by atoms with E-state index >= 15 is 0 Å². The van der Waals surface area contributed by atoms with E-state index < -0.39 is 26.5 Å². The van der Waals surface area contributed by atoms with Gasteiger partial charge >= 0.3 is 5.97 Å². The molecule has 9 heteroatoms. The molecule has 7 nitrogen and oxygen atoms in total. The molecule has 1 N–H and O–H groups in total. The van der Waals surface area contributed by atoms with E-state index in [0.29, 0.717) is 29.4 Å². The monoisotopic (exact) mass is 439 g/mol. The molecule has 0 bridgehead atoms. The lowest BCUT2D eigenvalue weighted by molar-refractivity contribution is -0.123. The Labute approximate surface area is 174 Å². The molecule has 1 amide bonds. The Morgan fingerprint density at radius 1 is 1.21 bits per heavy atom. The summed E-state index contributed by atoms with van der Waals surface area (Å²) in [5, 5.41) is 3.10. The molecule has 2 aromatic rings. The summed E-state index contributed by atoms with van der Waals surface area (Å²) in [5.41, 5.74) is 0.265. The van der Waals surface area contributed by atoms with Crippen LogP contribution in [0.1, 0.15) is 47.6 Å². The maximum absolute atomic E-state index is 13.3. The van der Waals surface area contributed by atoms with Crippen molar-refractivity contribution in [2.75, 3.05) is 7.11 Å². The van der Waals surface area contributed by atoms with Gasteiger partial charge in [-0.15, -0.1) is 0 Å². The van der Waals surface area contributed by atoms with Crippen molar-refractivity contribution in [1.29, 1.82) is 0 Å².